The molecule has 1 fully saturated rings. The molecule has 1 N–H and O–H groups in total. The summed E-state index contributed by atoms with van der Waals surface area (Å²) >= 11 is 0. The minimum atomic E-state index is -3.27. The van der Waals surface area contributed by atoms with Gasteiger partial charge in [0.2, 0.25) is 10.0 Å². The molecule has 2 aliphatic rings. The lowest BCUT2D eigenvalue weighted by Gasteiger charge is -2.17. The van der Waals surface area contributed by atoms with E-state index in [1.54, 1.807) is 72.8 Å². The summed E-state index contributed by atoms with van der Waals surface area (Å²) in [4.78, 5) is 39.2. The molecule has 3 amide bonds. The Morgan fingerprint density at radius 1 is 0.882 bits per heavy atom. The zero-order chi connectivity index (χ0) is 23.9. The number of nitrogens with zero attached hydrogens (tertiary/aromatic N) is 2. The average molecular weight is 476 g/mol. The fourth-order valence-corrected chi connectivity index (χ4v) is 5.78. The van der Waals surface area contributed by atoms with E-state index >= 15 is 0 Å². The van der Waals surface area contributed by atoms with Gasteiger partial charge in [-0.3, -0.25) is 23.6 Å². The van der Waals surface area contributed by atoms with Crippen molar-refractivity contribution in [2.24, 2.45) is 0 Å². The Hall–Kier alpha value is -3.98. The standard InChI is InChI=1S/C25H21N3O5S/c29-23(26-19-9-11-20(12-10-19)28-13-4-14-34(28,32)33)18-6-3-5-17(15-18)16-27-24(30)21-7-1-2-8-22(21)25(27)31/h1-3,5-12,15H,4,13-14,16H2,(H,26,29). The Balaban J connectivity index is 1.28. The van der Waals surface area contributed by atoms with Gasteiger partial charge in [0.1, 0.15) is 0 Å². The first-order chi connectivity index (χ1) is 16.3. The van der Waals surface area contributed by atoms with Gasteiger partial charge in [0.15, 0.2) is 0 Å². The largest absolute Gasteiger partial charge is 0.322 e. The molecule has 9 heteroatoms. The van der Waals surface area contributed by atoms with Gasteiger partial charge in [-0.25, -0.2) is 8.42 Å². The van der Waals surface area contributed by atoms with E-state index in [2.05, 4.69) is 5.32 Å². The van der Waals surface area contributed by atoms with Gasteiger partial charge in [-0.1, -0.05) is 24.3 Å². The van der Waals surface area contributed by atoms with Crippen molar-refractivity contribution >= 4 is 39.1 Å². The van der Waals surface area contributed by atoms with Crippen molar-refractivity contribution in [3.8, 4) is 0 Å². The first-order valence-corrected chi connectivity index (χ1v) is 12.4. The Bertz CT molecular complexity index is 1380. The number of carbonyl (C=O) groups excluding carboxylic acids is 3. The molecule has 2 aliphatic heterocycles. The number of benzene rings is 3. The van der Waals surface area contributed by atoms with E-state index in [9.17, 15) is 22.8 Å². The second kappa shape index (κ2) is 8.42. The minimum absolute atomic E-state index is 0.0620. The number of sulfonamides is 1. The molecule has 3 aromatic carbocycles. The molecule has 0 atom stereocenters. The molecule has 34 heavy (non-hydrogen) atoms. The molecule has 0 radical (unpaired) electrons. The van der Waals surface area contributed by atoms with E-state index in [1.165, 1.54) is 9.21 Å². The summed E-state index contributed by atoms with van der Waals surface area (Å²) in [6, 6.07) is 20.1. The van der Waals surface area contributed by atoms with Gasteiger partial charge in [0.05, 0.1) is 29.1 Å². The topological polar surface area (TPSA) is 104 Å². The number of amides is 3. The number of carbonyl (C=O) groups is 3. The molecule has 0 bridgehead atoms. The number of anilines is 2. The highest BCUT2D eigenvalue weighted by molar-refractivity contribution is 7.93. The van der Waals surface area contributed by atoms with E-state index in [0.717, 1.165) is 0 Å². The van der Waals surface area contributed by atoms with Crippen molar-refractivity contribution in [2.45, 2.75) is 13.0 Å². The molecule has 0 spiro atoms. The minimum Gasteiger partial charge on any atom is -0.322 e. The number of nitrogens with one attached hydrogen (secondary N) is 1. The van der Waals surface area contributed by atoms with Crippen molar-refractivity contribution in [1.29, 1.82) is 0 Å². The molecular formula is C25H21N3O5S. The van der Waals surface area contributed by atoms with Gasteiger partial charge < -0.3 is 5.32 Å². The molecule has 0 unspecified atom stereocenters. The van der Waals surface area contributed by atoms with Crippen molar-refractivity contribution in [1.82, 2.24) is 4.90 Å². The summed E-state index contributed by atoms with van der Waals surface area (Å²) in [7, 11) is -3.27. The molecule has 0 aliphatic carbocycles. The summed E-state index contributed by atoms with van der Waals surface area (Å²) in [6.45, 7) is 0.514. The highest BCUT2D eigenvalue weighted by Crippen LogP contribution is 2.26. The van der Waals surface area contributed by atoms with E-state index in [-0.39, 0.29) is 30.0 Å². The van der Waals surface area contributed by atoms with Gasteiger partial charge in [0, 0.05) is 17.8 Å². The maximum atomic E-state index is 12.8. The molecule has 0 aromatic heterocycles. The average Bonchev–Trinajstić information content (AvgIpc) is 3.31. The van der Waals surface area contributed by atoms with Crippen molar-refractivity contribution < 1.29 is 22.8 Å². The number of rotatable bonds is 5. The van der Waals surface area contributed by atoms with Crippen LogP contribution in [-0.4, -0.2) is 43.3 Å². The van der Waals surface area contributed by atoms with Gasteiger partial charge in [-0.2, -0.15) is 0 Å². The van der Waals surface area contributed by atoms with Crippen LogP contribution < -0.4 is 9.62 Å². The second-order valence-electron chi connectivity index (χ2n) is 8.19. The third kappa shape index (κ3) is 3.94. The van der Waals surface area contributed by atoms with E-state index < -0.39 is 10.0 Å². The maximum Gasteiger partial charge on any atom is 0.261 e. The maximum absolute atomic E-state index is 12.8. The highest BCUT2D eigenvalue weighted by Gasteiger charge is 2.35. The molecular weight excluding hydrogens is 454 g/mol. The third-order valence-corrected chi connectivity index (χ3v) is 7.79. The van der Waals surface area contributed by atoms with Gasteiger partial charge in [-0.05, 0) is 60.5 Å². The number of hydrogen-bond acceptors (Lipinski definition) is 5. The lowest BCUT2D eigenvalue weighted by Crippen LogP contribution is -2.29. The number of hydrogen-bond donors (Lipinski definition) is 1. The summed E-state index contributed by atoms with van der Waals surface area (Å²) in [5.41, 5.74) is 2.88. The summed E-state index contributed by atoms with van der Waals surface area (Å²) in [5.74, 6) is -0.917. The van der Waals surface area contributed by atoms with Crippen LogP contribution in [0.2, 0.25) is 0 Å². The molecule has 0 saturated carbocycles. The highest BCUT2D eigenvalue weighted by atomic mass is 32.2. The van der Waals surface area contributed by atoms with E-state index in [0.29, 0.717) is 46.6 Å². The van der Waals surface area contributed by atoms with Crippen molar-refractivity contribution in [3.05, 3.63) is 95.1 Å². The van der Waals surface area contributed by atoms with Crippen LogP contribution in [0.3, 0.4) is 0 Å². The van der Waals surface area contributed by atoms with Gasteiger partial charge >= 0.3 is 0 Å². The number of imide groups is 1. The van der Waals surface area contributed by atoms with Crippen LogP contribution in [0.1, 0.15) is 43.1 Å². The second-order valence-corrected chi connectivity index (χ2v) is 10.2. The first-order valence-electron chi connectivity index (χ1n) is 10.8. The zero-order valence-corrected chi connectivity index (χ0v) is 18.9. The Morgan fingerprint density at radius 2 is 1.56 bits per heavy atom. The van der Waals surface area contributed by atoms with E-state index in [1.807, 2.05) is 0 Å². The zero-order valence-electron chi connectivity index (χ0n) is 18.1. The molecule has 8 nitrogen and oxygen atoms in total. The number of fused-ring (bicyclic) bond motifs is 1. The van der Waals surface area contributed by atoms with Crippen LogP contribution in [-0.2, 0) is 16.6 Å². The van der Waals surface area contributed by atoms with Crippen LogP contribution in [0.15, 0.2) is 72.8 Å². The smallest absolute Gasteiger partial charge is 0.261 e. The Kier molecular flexibility index (Phi) is 5.41. The Labute approximate surface area is 196 Å². The normalized spacial score (nSPS) is 16.6. The van der Waals surface area contributed by atoms with Crippen LogP contribution in [0.4, 0.5) is 11.4 Å². The first kappa shape index (κ1) is 21.8. The molecule has 1 saturated heterocycles. The van der Waals surface area contributed by atoms with Crippen molar-refractivity contribution in [3.63, 3.8) is 0 Å². The van der Waals surface area contributed by atoms with E-state index in [4.69, 9.17) is 0 Å². The fourth-order valence-electron chi connectivity index (χ4n) is 4.22. The lowest BCUT2D eigenvalue weighted by atomic mass is 10.1. The predicted octanol–water partition coefficient (Wildman–Crippen LogP) is 3.28. The van der Waals surface area contributed by atoms with Crippen LogP contribution in [0.5, 0.6) is 0 Å². The molecule has 2 heterocycles. The predicted molar refractivity (Wildman–Crippen MR) is 127 cm³/mol. The molecule has 172 valence electrons. The SMILES string of the molecule is O=C(Nc1ccc(N2CCCS2(=O)=O)cc1)c1cccc(CN2C(=O)c3ccccc3C2=O)c1. The summed E-state index contributed by atoms with van der Waals surface area (Å²) in [5, 5.41) is 2.79. The monoisotopic (exact) mass is 475 g/mol. The fraction of sp³-hybridized carbons (Fsp3) is 0.160. The summed E-state index contributed by atoms with van der Waals surface area (Å²) in [6.07, 6.45) is 0.595. The van der Waals surface area contributed by atoms with Crippen LogP contribution >= 0.6 is 0 Å². The Morgan fingerprint density at radius 3 is 2.18 bits per heavy atom. The molecule has 5 rings (SSSR count). The summed E-state index contributed by atoms with van der Waals surface area (Å²) < 4.78 is 25.5. The van der Waals surface area contributed by atoms with Crippen LogP contribution in [0.25, 0.3) is 0 Å². The van der Waals surface area contributed by atoms with Gasteiger partial charge in [0.25, 0.3) is 17.7 Å². The quantitative estimate of drug-likeness (QED) is 0.571. The third-order valence-electron chi connectivity index (χ3n) is 5.92. The molecule has 3 aromatic rings. The van der Waals surface area contributed by atoms with Crippen molar-refractivity contribution in [2.75, 3.05) is 21.9 Å². The van der Waals surface area contributed by atoms with Crippen LogP contribution in [0, 0.1) is 0 Å². The van der Waals surface area contributed by atoms with Gasteiger partial charge in [-0.15, -0.1) is 0 Å². The lowest BCUT2D eigenvalue weighted by molar-refractivity contribution is 0.0642.